The molecule has 0 spiro atoms. The molecule has 0 amide bonds. The first kappa shape index (κ1) is 13.6. The molecule has 1 aromatic rings. The Labute approximate surface area is 101 Å². The van der Waals surface area contributed by atoms with Crippen LogP contribution in [0, 0.1) is 0 Å². The fourth-order valence-corrected chi connectivity index (χ4v) is 1.63. The molecular formula is C10H17N3O3S. The molecule has 0 radical (unpaired) electrons. The lowest BCUT2D eigenvalue weighted by atomic mass is 10.4. The molecule has 1 heterocycles. The smallest absolute Gasteiger partial charge is 0.191 e. The van der Waals surface area contributed by atoms with Crippen LogP contribution in [0.15, 0.2) is 27.8 Å². The number of guanidine groups is 1. The second-order valence-electron chi connectivity index (χ2n) is 3.56. The molecule has 0 aliphatic carbocycles. The minimum atomic E-state index is -2.95. The maximum Gasteiger partial charge on any atom is 0.191 e. The van der Waals surface area contributed by atoms with Crippen LogP contribution in [-0.2, 0) is 16.4 Å². The van der Waals surface area contributed by atoms with Gasteiger partial charge in [-0.05, 0) is 12.1 Å². The summed E-state index contributed by atoms with van der Waals surface area (Å²) in [6, 6.07) is 3.65. The van der Waals surface area contributed by atoms with Crippen LogP contribution in [0.2, 0.25) is 0 Å². The van der Waals surface area contributed by atoms with Crippen molar-refractivity contribution in [1.29, 1.82) is 0 Å². The SMILES string of the molecule is CN=C(NCCS(C)(=O)=O)NCc1ccco1. The van der Waals surface area contributed by atoms with Crippen LogP contribution >= 0.6 is 0 Å². The van der Waals surface area contributed by atoms with Gasteiger partial charge in [-0.1, -0.05) is 0 Å². The van der Waals surface area contributed by atoms with Gasteiger partial charge in [0, 0.05) is 19.8 Å². The Bertz CT molecular complexity index is 451. The van der Waals surface area contributed by atoms with E-state index in [1.54, 1.807) is 19.4 Å². The first-order valence-corrected chi connectivity index (χ1v) is 7.22. The molecule has 0 aliphatic rings. The number of aliphatic imine (C=N–C) groups is 1. The summed E-state index contributed by atoms with van der Waals surface area (Å²) in [7, 11) is -1.33. The number of nitrogens with one attached hydrogen (secondary N) is 2. The van der Waals surface area contributed by atoms with Crippen molar-refractivity contribution < 1.29 is 12.8 Å². The predicted octanol–water partition coefficient (Wildman–Crippen LogP) is -0.0108. The van der Waals surface area contributed by atoms with Gasteiger partial charge in [0.1, 0.15) is 15.6 Å². The summed E-state index contributed by atoms with van der Waals surface area (Å²) >= 11 is 0. The minimum absolute atomic E-state index is 0.0778. The summed E-state index contributed by atoms with van der Waals surface area (Å²) in [6.45, 7) is 0.836. The van der Waals surface area contributed by atoms with Crippen molar-refractivity contribution in [2.75, 3.05) is 25.6 Å². The van der Waals surface area contributed by atoms with Gasteiger partial charge < -0.3 is 15.1 Å². The first-order valence-electron chi connectivity index (χ1n) is 5.16. The lowest BCUT2D eigenvalue weighted by Gasteiger charge is -2.10. The van der Waals surface area contributed by atoms with Crippen LogP contribution < -0.4 is 10.6 Å². The highest BCUT2D eigenvalue weighted by molar-refractivity contribution is 7.90. The Balaban J connectivity index is 2.30. The zero-order valence-corrected chi connectivity index (χ0v) is 10.8. The van der Waals surface area contributed by atoms with E-state index in [1.807, 2.05) is 6.07 Å². The van der Waals surface area contributed by atoms with Gasteiger partial charge >= 0.3 is 0 Å². The molecule has 17 heavy (non-hydrogen) atoms. The number of hydrogen-bond acceptors (Lipinski definition) is 4. The van der Waals surface area contributed by atoms with Gasteiger partial charge in [-0.3, -0.25) is 4.99 Å². The highest BCUT2D eigenvalue weighted by atomic mass is 32.2. The van der Waals surface area contributed by atoms with Crippen molar-refractivity contribution in [2.24, 2.45) is 4.99 Å². The van der Waals surface area contributed by atoms with Crippen LogP contribution in [0.4, 0.5) is 0 Å². The van der Waals surface area contributed by atoms with Crippen molar-refractivity contribution in [3.63, 3.8) is 0 Å². The molecule has 1 rings (SSSR count). The van der Waals surface area contributed by atoms with Crippen LogP contribution in [0.5, 0.6) is 0 Å². The van der Waals surface area contributed by atoms with Crippen molar-refractivity contribution in [3.8, 4) is 0 Å². The van der Waals surface area contributed by atoms with Crippen molar-refractivity contribution >= 4 is 15.8 Å². The zero-order valence-electron chi connectivity index (χ0n) is 9.93. The summed E-state index contributed by atoms with van der Waals surface area (Å²) in [6.07, 6.45) is 2.80. The quantitative estimate of drug-likeness (QED) is 0.574. The van der Waals surface area contributed by atoms with Gasteiger partial charge in [-0.2, -0.15) is 0 Å². The largest absolute Gasteiger partial charge is 0.467 e. The maximum absolute atomic E-state index is 10.9. The van der Waals surface area contributed by atoms with Crippen LogP contribution in [0.25, 0.3) is 0 Å². The molecular weight excluding hydrogens is 242 g/mol. The summed E-state index contributed by atoms with van der Waals surface area (Å²) in [5, 5.41) is 5.91. The molecule has 2 N–H and O–H groups in total. The number of nitrogens with zero attached hydrogens (tertiary/aromatic N) is 1. The molecule has 7 heteroatoms. The van der Waals surface area contributed by atoms with Crippen LogP contribution in [-0.4, -0.2) is 40.0 Å². The van der Waals surface area contributed by atoms with Crippen LogP contribution in [0.1, 0.15) is 5.76 Å². The van der Waals surface area contributed by atoms with Gasteiger partial charge in [0.15, 0.2) is 5.96 Å². The molecule has 0 bridgehead atoms. The highest BCUT2D eigenvalue weighted by Gasteiger charge is 2.03. The van der Waals surface area contributed by atoms with E-state index in [1.165, 1.54) is 6.26 Å². The Morgan fingerprint density at radius 2 is 2.24 bits per heavy atom. The summed E-state index contributed by atoms with van der Waals surface area (Å²) in [5.41, 5.74) is 0. The van der Waals surface area contributed by atoms with E-state index in [-0.39, 0.29) is 5.75 Å². The van der Waals surface area contributed by atoms with Crippen molar-refractivity contribution in [2.45, 2.75) is 6.54 Å². The number of hydrogen-bond donors (Lipinski definition) is 2. The molecule has 0 aliphatic heterocycles. The first-order chi connectivity index (χ1) is 8.01. The number of furan rings is 1. The summed E-state index contributed by atoms with van der Waals surface area (Å²) < 4.78 is 27.0. The third kappa shape index (κ3) is 5.96. The van der Waals surface area contributed by atoms with E-state index in [2.05, 4.69) is 15.6 Å². The van der Waals surface area contributed by atoms with E-state index in [0.717, 1.165) is 5.76 Å². The molecule has 0 aromatic carbocycles. The third-order valence-corrected chi connectivity index (χ3v) is 2.94. The van der Waals surface area contributed by atoms with E-state index < -0.39 is 9.84 Å². The normalized spacial score (nSPS) is 12.5. The Morgan fingerprint density at radius 3 is 2.76 bits per heavy atom. The molecule has 0 atom stereocenters. The van der Waals surface area contributed by atoms with Gasteiger partial charge in [0.2, 0.25) is 0 Å². The topological polar surface area (TPSA) is 83.7 Å². The maximum atomic E-state index is 10.9. The van der Waals surface area contributed by atoms with Gasteiger partial charge in [-0.25, -0.2) is 8.42 Å². The lowest BCUT2D eigenvalue weighted by Crippen LogP contribution is -2.39. The van der Waals surface area contributed by atoms with Crippen LogP contribution in [0.3, 0.4) is 0 Å². The molecule has 0 saturated carbocycles. The summed E-state index contributed by atoms with van der Waals surface area (Å²) in [5.74, 6) is 1.41. The average molecular weight is 259 g/mol. The van der Waals surface area contributed by atoms with Crippen molar-refractivity contribution in [3.05, 3.63) is 24.2 Å². The Kier molecular flexibility index (Phi) is 5.02. The lowest BCUT2D eigenvalue weighted by molar-refractivity contribution is 0.501. The number of sulfone groups is 1. The van der Waals surface area contributed by atoms with E-state index in [9.17, 15) is 8.42 Å². The molecule has 0 fully saturated rings. The second-order valence-corrected chi connectivity index (χ2v) is 5.82. The molecule has 1 aromatic heterocycles. The number of rotatable bonds is 5. The minimum Gasteiger partial charge on any atom is -0.467 e. The average Bonchev–Trinajstić information content (AvgIpc) is 2.74. The van der Waals surface area contributed by atoms with E-state index in [4.69, 9.17) is 4.42 Å². The molecule has 0 unspecified atom stereocenters. The fourth-order valence-electron chi connectivity index (χ4n) is 1.16. The van der Waals surface area contributed by atoms with Gasteiger partial charge in [0.25, 0.3) is 0 Å². The molecule has 0 saturated heterocycles. The molecule has 6 nitrogen and oxygen atoms in total. The monoisotopic (exact) mass is 259 g/mol. The fraction of sp³-hybridized carbons (Fsp3) is 0.500. The molecule has 96 valence electrons. The predicted molar refractivity (Wildman–Crippen MR) is 66.6 cm³/mol. The third-order valence-electron chi connectivity index (χ3n) is 2.00. The standard InChI is InChI=1S/C10H17N3O3S/c1-11-10(12-5-7-17(2,14)15)13-8-9-4-3-6-16-9/h3-4,6H,5,7-8H2,1-2H3,(H2,11,12,13). The van der Waals surface area contributed by atoms with Gasteiger partial charge in [0.05, 0.1) is 18.6 Å². The highest BCUT2D eigenvalue weighted by Crippen LogP contribution is 1.97. The van der Waals surface area contributed by atoms with E-state index >= 15 is 0 Å². The van der Waals surface area contributed by atoms with Crippen molar-refractivity contribution in [1.82, 2.24) is 10.6 Å². The Morgan fingerprint density at radius 1 is 1.47 bits per heavy atom. The Hall–Kier alpha value is -1.50. The zero-order chi connectivity index (χ0) is 12.7. The van der Waals surface area contributed by atoms with E-state index in [0.29, 0.717) is 19.0 Å². The van der Waals surface area contributed by atoms with Gasteiger partial charge in [-0.15, -0.1) is 0 Å². The summed E-state index contributed by atoms with van der Waals surface area (Å²) in [4.78, 5) is 3.96. The second kappa shape index (κ2) is 6.29.